The van der Waals surface area contributed by atoms with E-state index in [0.29, 0.717) is 0 Å². The van der Waals surface area contributed by atoms with Gasteiger partial charge >= 0.3 is 0 Å². The maximum Gasteiger partial charge on any atom is -0.0259 e. The molecule has 0 aromatic carbocycles. The van der Waals surface area contributed by atoms with Gasteiger partial charge in [0.05, 0.1) is 0 Å². The molecule has 3 unspecified atom stereocenters. The average Bonchev–Trinajstić information content (AvgIpc) is 2.54. The first kappa shape index (κ1) is 6.45. The van der Waals surface area contributed by atoms with E-state index in [4.69, 9.17) is 0 Å². The van der Waals surface area contributed by atoms with Gasteiger partial charge in [0.15, 0.2) is 0 Å². The molecule has 0 aromatic heterocycles. The van der Waals surface area contributed by atoms with Crippen molar-refractivity contribution in [1.82, 2.24) is 0 Å². The van der Waals surface area contributed by atoms with Crippen LogP contribution in [0.15, 0.2) is 12.2 Å². The molecule has 0 bridgehead atoms. The zero-order chi connectivity index (χ0) is 6.97. The predicted molar refractivity (Wildman–Crippen MR) is 43.8 cm³/mol. The molecule has 10 heavy (non-hydrogen) atoms. The molecule has 0 spiro atoms. The van der Waals surface area contributed by atoms with E-state index < -0.39 is 0 Å². The van der Waals surface area contributed by atoms with E-state index in [2.05, 4.69) is 19.1 Å². The predicted octanol–water partition coefficient (Wildman–Crippen LogP) is 3.00. The lowest BCUT2D eigenvalue weighted by molar-refractivity contribution is 0.526. The molecule has 0 nitrogen and oxygen atoms in total. The Bertz CT molecular complexity index is 146. The Morgan fingerprint density at radius 1 is 1.20 bits per heavy atom. The summed E-state index contributed by atoms with van der Waals surface area (Å²) in [5, 5.41) is 0. The van der Waals surface area contributed by atoms with Crippen LogP contribution in [0.2, 0.25) is 0 Å². The van der Waals surface area contributed by atoms with E-state index in [0.717, 1.165) is 17.8 Å². The third-order valence-corrected chi connectivity index (χ3v) is 2.91. The Balaban J connectivity index is 1.97. The van der Waals surface area contributed by atoms with Crippen molar-refractivity contribution in [3.8, 4) is 0 Å². The van der Waals surface area contributed by atoms with Gasteiger partial charge in [0, 0.05) is 0 Å². The summed E-state index contributed by atoms with van der Waals surface area (Å²) >= 11 is 0. The van der Waals surface area contributed by atoms with Crippen LogP contribution < -0.4 is 0 Å². The van der Waals surface area contributed by atoms with Gasteiger partial charge in [0.1, 0.15) is 0 Å². The third-order valence-electron chi connectivity index (χ3n) is 2.91. The Kier molecular flexibility index (Phi) is 1.55. The Morgan fingerprint density at radius 2 is 2.10 bits per heavy atom. The fourth-order valence-electron chi connectivity index (χ4n) is 2.15. The van der Waals surface area contributed by atoms with Gasteiger partial charge in [-0.15, -0.1) is 0 Å². The van der Waals surface area contributed by atoms with Crippen molar-refractivity contribution in [3.63, 3.8) is 0 Å². The monoisotopic (exact) mass is 136 g/mol. The van der Waals surface area contributed by atoms with Gasteiger partial charge in [0.2, 0.25) is 0 Å². The Hall–Kier alpha value is -0.260. The van der Waals surface area contributed by atoms with E-state index >= 15 is 0 Å². The van der Waals surface area contributed by atoms with Crippen molar-refractivity contribution >= 4 is 0 Å². The molecule has 2 aliphatic carbocycles. The van der Waals surface area contributed by atoms with Gasteiger partial charge in [-0.3, -0.25) is 0 Å². The highest BCUT2D eigenvalue weighted by Gasteiger charge is 2.36. The molecule has 1 saturated carbocycles. The lowest BCUT2D eigenvalue weighted by Gasteiger charge is -2.07. The number of fused-ring (bicyclic) bond motifs is 1. The van der Waals surface area contributed by atoms with Crippen LogP contribution in [-0.2, 0) is 0 Å². The first-order valence-electron chi connectivity index (χ1n) is 4.53. The van der Waals surface area contributed by atoms with Crippen LogP contribution in [-0.4, -0.2) is 0 Å². The van der Waals surface area contributed by atoms with Gasteiger partial charge in [-0.05, 0) is 43.4 Å². The number of hydrogen-bond acceptors (Lipinski definition) is 0. The second kappa shape index (κ2) is 2.41. The van der Waals surface area contributed by atoms with Crippen molar-refractivity contribution in [3.05, 3.63) is 12.2 Å². The summed E-state index contributed by atoms with van der Waals surface area (Å²) < 4.78 is 0. The summed E-state index contributed by atoms with van der Waals surface area (Å²) in [6.45, 7) is 2.34. The van der Waals surface area contributed by atoms with Gasteiger partial charge in [0.25, 0.3) is 0 Å². The summed E-state index contributed by atoms with van der Waals surface area (Å²) in [5.41, 5.74) is 0. The molecule has 0 aromatic rings. The maximum absolute atomic E-state index is 2.40. The largest absolute Gasteiger partial charge is 0.0883 e. The van der Waals surface area contributed by atoms with E-state index in [1.54, 1.807) is 0 Å². The highest BCUT2D eigenvalue weighted by atomic mass is 14.4. The average molecular weight is 136 g/mol. The molecule has 0 saturated heterocycles. The quantitative estimate of drug-likeness (QED) is 0.449. The van der Waals surface area contributed by atoms with E-state index in [9.17, 15) is 0 Å². The molecule has 0 heterocycles. The third kappa shape index (κ3) is 1.25. The minimum Gasteiger partial charge on any atom is -0.0883 e. The standard InChI is InChI=1S/C10H16/c1-8-4-2-3-5-9-7-10(9)6-8/h2,4,8-10H,3,5-7H2,1H3/b4-2-. The zero-order valence-corrected chi connectivity index (χ0v) is 6.72. The van der Waals surface area contributed by atoms with Crippen LogP contribution in [0.3, 0.4) is 0 Å². The molecular weight excluding hydrogens is 120 g/mol. The van der Waals surface area contributed by atoms with Crippen LogP contribution in [0.1, 0.15) is 32.6 Å². The molecule has 56 valence electrons. The summed E-state index contributed by atoms with van der Waals surface area (Å²) in [4.78, 5) is 0. The van der Waals surface area contributed by atoms with Crippen molar-refractivity contribution in [2.45, 2.75) is 32.6 Å². The van der Waals surface area contributed by atoms with E-state index in [-0.39, 0.29) is 0 Å². The van der Waals surface area contributed by atoms with Crippen LogP contribution in [0.5, 0.6) is 0 Å². The van der Waals surface area contributed by atoms with Crippen LogP contribution in [0, 0.1) is 17.8 Å². The van der Waals surface area contributed by atoms with Crippen molar-refractivity contribution < 1.29 is 0 Å². The van der Waals surface area contributed by atoms with Gasteiger partial charge < -0.3 is 0 Å². The molecule has 3 atom stereocenters. The molecule has 0 amide bonds. The minimum absolute atomic E-state index is 0.857. The minimum atomic E-state index is 0.857. The molecule has 1 fully saturated rings. The maximum atomic E-state index is 2.40. The van der Waals surface area contributed by atoms with Crippen LogP contribution in [0.25, 0.3) is 0 Å². The highest BCUT2D eigenvalue weighted by molar-refractivity contribution is 4.97. The molecule has 2 aliphatic rings. The molecule has 0 N–H and O–H groups in total. The topological polar surface area (TPSA) is 0 Å². The van der Waals surface area contributed by atoms with Crippen molar-refractivity contribution in [2.75, 3.05) is 0 Å². The second-order valence-corrected chi connectivity index (χ2v) is 3.97. The lowest BCUT2D eigenvalue weighted by Crippen LogP contribution is -1.95. The summed E-state index contributed by atoms with van der Waals surface area (Å²) in [7, 11) is 0. The Labute approximate surface area is 63.3 Å². The molecule has 0 aliphatic heterocycles. The van der Waals surface area contributed by atoms with Crippen LogP contribution >= 0.6 is 0 Å². The normalized spacial score (nSPS) is 48.7. The number of hydrogen-bond donors (Lipinski definition) is 0. The van der Waals surface area contributed by atoms with Gasteiger partial charge in [-0.25, -0.2) is 0 Å². The first-order valence-corrected chi connectivity index (χ1v) is 4.53. The first-order chi connectivity index (χ1) is 4.86. The highest BCUT2D eigenvalue weighted by Crippen LogP contribution is 2.47. The summed E-state index contributed by atoms with van der Waals surface area (Å²) in [5.74, 6) is 3.09. The fraction of sp³-hybridized carbons (Fsp3) is 0.800. The molecule has 2 rings (SSSR count). The van der Waals surface area contributed by atoms with Gasteiger partial charge in [-0.1, -0.05) is 19.1 Å². The molecule has 0 heteroatoms. The number of rotatable bonds is 0. The van der Waals surface area contributed by atoms with Gasteiger partial charge in [-0.2, -0.15) is 0 Å². The second-order valence-electron chi connectivity index (χ2n) is 3.97. The van der Waals surface area contributed by atoms with E-state index in [1.165, 1.54) is 25.7 Å². The summed E-state index contributed by atoms with van der Waals surface area (Å²) in [6, 6.07) is 0. The molecular formula is C10H16. The fourth-order valence-corrected chi connectivity index (χ4v) is 2.15. The van der Waals surface area contributed by atoms with Crippen molar-refractivity contribution in [1.29, 1.82) is 0 Å². The number of allylic oxidation sites excluding steroid dienone is 2. The summed E-state index contributed by atoms with van der Waals surface area (Å²) in [6.07, 6.45) is 10.6. The SMILES string of the molecule is CC1/C=C\CCC2CC2C1. The molecule has 0 radical (unpaired) electrons. The smallest absolute Gasteiger partial charge is 0.0259 e. The van der Waals surface area contributed by atoms with Crippen LogP contribution in [0.4, 0.5) is 0 Å². The zero-order valence-electron chi connectivity index (χ0n) is 6.72. The van der Waals surface area contributed by atoms with Crippen molar-refractivity contribution in [2.24, 2.45) is 17.8 Å². The lowest BCUT2D eigenvalue weighted by atomic mass is 9.98. The Morgan fingerprint density at radius 3 is 3.00 bits per heavy atom. The van der Waals surface area contributed by atoms with E-state index in [1.807, 2.05) is 0 Å².